The third kappa shape index (κ3) is 2.54. The van der Waals surface area contributed by atoms with Crippen LogP contribution >= 0.6 is 0 Å². The molecule has 2 aromatic rings. The summed E-state index contributed by atoms with van der Waals surface area (Å²) in [6, 6.07) is 18.2. The van der Waals surface area contributed by atoms with E-state index in [1.54, 1.807) is 0 Å². The van der Waals surface area contributed by atoms with Crippen LogP contribution in [-0.4, -0.2) is 30.6 Å². The highest BCUT2D eigenvalue weighted by atomic mass is 16.6. The molecule has 2 heterocycles. The van der Waals surface area contributed by atoms with Gasteiger partial charge in [0.1, 0.15) is 6.61 Å². The number of nitrogens with one attached hydrogen (secondary N) is 1. The van der Waals surface area contributed by atoms with Crippen LogP contribution in [0.4, 0.5) is 10.5 Å². The predicted octanol–water partition coefficient (Wildman–Crippen LogP) is 3.39. The predicted molar refractivity (Wildman–Crippen MR) is 89.4 cm³/mol. The van der Waals surface area contributed by atoms with Crippen LogP contribution in [0.5, 0.6) is 0 Å². The van der Waals surface area contributed by atoms with Gasteiger partial charge in [-0.05, 0) is 23.6 Å². The Morgan fingerprint density at radius 1 is 1.13 bits per heavy atom. The fourth-order valence-corrected chi connectivity index (χ4v) is 3.66. The van der Waals surface area contributed by atoms with E-state index in [9.17, 15) is 4.79 Å². The first-order valence-electron chi connectivity index (χ1n) is 8.06. The van der Waals surface area contributed by atoms with Crippen molar-refractivity contribution in [3.8, 4) is 0 Å². The van der Waals surface area contributed by atoms with Crippen LogP contribution in [0.25, 0.3) is 0 Å². The summed E-state index contributed by atoms with van der Waals surface area (Å²) in [6.45, 7) is 2.71. The number of para-hydroxylation sites is 1. The molecule has 1 fully saturated rings. The van der Waals surface area contributed by atoms with Crippen LogP contribution in [0.1, 0.15) is 17.5 Å². The molecule has 0 bridgehead atoms. The Morgan fingerprint density at radius 2 is 1.91 bits per heavy atom. The Labute approximate surface area is 136 Å². The van der Waals surface area contributed by atoms with E-state index in [1.165, 1.54) is 11.3 Å². The van der Waals surface area contributed by atoms with Gasteiger partial charge in [0.05, 0.1) is 0 Å². The number of anilines is 1. The summed E-state index contributed by atoms with van der Waals surface area (Å²) in [4.78, 5) is 14.2. The third-order valence-electron chi connectivity index (χ3n) is 4.93. The van der Waals surface area contributed by atoms with Crippen molar-refractivity contribution < 1.29 is 9.53 Å². The number of hydrogen-bond donors (Lipinski definition) is 1. The van der Waals surface area contributed by atoms with Gasteiger partial charge in [-0.2, -0.15) is 0 Å². The van der Waals surface area contributed by atoms with Gasteiger partial charge in [-0.25, -0.2) is 4.79 Å². The molecule has 23 heavy (non-hydrogen) atoms. The summed E-state index contributed by atoms with van der Waals surface area (Å²) in [5.41, 5.74) is 3.59. The molecule has 4 nitrogen and oxygen atoms in total. The molecule has 4 rings (SSSR count). The Morgan fingerprint density at radius 3 is 2.78 bits per heavy atom. The van der Waals surface area contributed by atoms with E-state index in [0.29, 0.717) is 6.61 Å². The smallest absolute Gasteiger partial charge is 0.410 e. The first-order chi connectivity index (χ1) is 11.3. The second-order valence-electron chi connectivity index (χ2n) is 6.39. The SMILES string of the molecule is O=C(OCc1ccccc1)N1CC[C@]2(CNc3ccccc32)C1. The minimum Gasteiger partial charge on any atom is -0.445 e. The first-order valence-corrected chi connectivity index (χ1v) is 8.06. The van der Waals surface area contributed by atoms with Gasteiger partial charge in [-0.15, -0.1) is 0 Å². The summed E-state index contributed by atoms with van der Waals surface area (Å²) in [5.74, 6) is 0. The molecule has 0 radical (unpaired) electrons. The van der Waals surface area contributed by atoms with Gasteiger partial charge in [0.15, 0.2) is 0 Å². The van der Waals surface area contributed by atoms with Crippen molar-refractivity contribution >= 4 is 11.8 Å². The topological polar surface area (TPSA) is 41.6 Å². The molecule has 118 valence electrons. The lowest BCUT2D eigenvalue weighted by atomic mass is 9.82. The lowest BCUT2D eigenvalue weighted by molar-refractivity contribution is 0.102. The average Bonchev–Trinajstić information content (AvgIpc) is 3.20. The summed E-state index contributed by atoms with van der Waals surface area (Å²) in [5, 5.41) is 3.47. The second kappa shape index (κ2) is 5.61. The number of ether oxygens (including phenoxy) is 1. The fourth-order valence-electron chi connectivity index (χ4n) is 3.66. The monoisotopic (exact) mass is 308 g/mol. The number of rotatable bonds is 2. The fraction of sp³-hybridized carbons (Fsp3) is 0.316. The highest BCUT2D eigenvalue weighted by Gasteiger charge is 2.45. The number of nitrogens with zero attached hydrogens (tertiary/aromatic N) is 1. The van der Waals surface area contributed by atoms with Crippen molar-refractivity contribution in [1.29, 1.82) is 0 Å². The lowest BCUT2D eigenvalue weighted by Gasteiger charge is -2.24. The molecule has 1 amide bonds. The molecule has 1 spiro atoms. The molecule has 4 heteroatoms. The normalized spacial score (nSPS) is 22.0. The quantitative estimate of drug-likeness (QED) is 0.924. The van der Waals surface area contributed by atoms with Gasteiger partial charge < -0.3 is 15.0 Å². The van der Waals surface area contributed by atoms with E-state index in [0.717, 1.165) is 31.6 Å². The van der Waals surface area contributed by atoms with Crippen molar-refractivity contribution in [1.82, 2.24) is 4.90 Å². The van der Waals surface area contributed by atoms with Gasteiger partial charge in [-0.3, -0.25) is 0 Å². The number of likely N-dealkylation sites (tertiary alicyclic amines) is 1. The number of fused-ring (bicyclic) bond motifs is 2. The molecule has 0 aromatic heterocycles. The van der Waals surface area contributed by atoms with E-state index in [2.05, 4.69) is 23.5 Å². The van der Waals surface area contributed by atoms with E-state index in [-0.39, 0.29) is 11.5 Å². The van der Waals surface area contributed by atoms with E-state index in [4.69, 9.17) is 4.74 Å². The largest absolute Gasteiger partial charge is 0.445 e. The summed E-state index contributed by atoms with van der Waals surface area (Å²) >= 11 is 0. The minimum atomic E-state index is -0.213. The van der Waals surface area contributed by atoms with Gasteiger partial charge in [0.25, 0.3) is 0 Å². The molecule has 2 aliphatic rings. The molecule has 1 saturated heterocycles. The zero-order valence-corrected chi connectivity index (χ0v) is 13.0. The Bertz CT molecular complexity index is 716. The molecule has 1 atom stereocenters. The van der Waals surface area contributed by atoms with Crippen LogP contribution in [0.15, 0.2) is 54.6 Å². The van der Waals surface area contributed by atoms with Gasteiger partial charge in [0, 0.05) is 30.7 Å². The maximum Gasteiger partial charge on any atom is 0.410 e. The van der Waals surface area contributed by atoms with E-state index in [1.807, 2.05) is 41.3 Å². The van der Waals surface area contributed by atoms with Crippen molar-refractivity contribution in [3.05, 3.63) is 65.7 Å². The summed E-state index contributed by atoms with van der Waals surface area (Å²) in [7, 11) is 0. The maximum atomic E-state index is 12.4. The van der Waals surface area contributed by atoms with E-state index >= 15 is 0 Å². The summed E-state index contributed by atoms with van der Waals surface area (Å²) in [6.07, 6.45) is 0.771. The van der Waals surface area contributed by atoms with E-state index < -0.39 is 0 Å². The van der Waals surface area contributed by atoms with Crippen molar-refractivity contribution in [2.75, 3.05) is 25.0 Å². The van der Waals surface area contributed by atoms with Gasteiger partial charge in [-0.1, -0.05) is 48.5 Å². The first kappa shape index (κ1) is 14.1. The molecule has 1 N–H and O–H groups in total. The lowest BCUT2D eigenvalue weighted by Crippen LogP contribution is -2.36. The number of amides is 1. The van der Waals surface area contributed by atoms with Crippen molar-refractivity contribution in [2.24, 2.45) is 0 Å². The Balaban J connectivity index is 1.42. The molecular formula is C19H20N2O2. The van der Waals surface area contributed by atoms with Gasteiger partial charge >= 0.3 is 6.09 Å². The van der Waals surface area contributed by atoms with Crippen LogP contribution in [-0.2, 0) is 16.8 Å². The number of carbonyl (C=O) groups is 1. The molecule has 0 aliphatic carbocycles. The highest BCUT2D eigenvalue weighted by Crippen LogP contribution is 2.43. The van der Waals surface area contributed by atoms with Crippen molar-refractivity contribution in [2.45, 2.75) is 18.4 Å². The van der Waals surface area contributed by atoms with Crippen LogP contribution in [0.3, 0.4) is 0 Å². The molecular weight excluding hydrogens is 288 g/mol. The average molecular weight is 308 g/mol. The zero-order chi connectivity index (χ0) is 15.7. The Hall–Kier alpha value is -2.49. The number of carbonyl (C=O) groups excluding carboxylic acids is 1. The zero-order valence-electron chi connectivity index (χ0n) is 13.0. The molecule has 0 saturated carbocycles. The molecule has 2 aromatic carbocycles. The second-order valence-corrected chi connectivity index (χ2v) is 6.39. The number of hydrogen-bond acceptors (Lipinski definition) is 3. The summed E-state index contributed by atoms with van der Waals surface area (Å²) < 4.78 is 5.47. The van der Waals surface area contributed by atoms with Gasteiger partial charge in [0.2, 0.25) is 0 Å². The third-order valence-corrected chi connectivity index (χ3v) is 4.93. The van der Waals surface area contributed by atoms with Crippen LogP contribution in [0.2, 0.25) is 0 Å². The minimum absolute atomic E-state index is 0.0440. The highest BCUT2D eigenvalue weighted by molar-refractivity contribution is 5.70. The molecule has 2 aliphatic heterocycles. The number of benzene rings is 2. The van der Waals surface area contributed by atoms with Crippen molar-refractivity contribution in [3.63, 3.8) is 0 Å². The van der Waals surface area contributed by atoms with Crippen LogP contribution < -0.4 is 5.32 Å². The molecule has 0 unspecified atom stereocenters. The standard InChI is InChI=1S/C19H20N2O2/c22-18(23-12-15-6-2-1-3-7-15)21-11-10-19(14-21)13-20-17-9-5-4-8-16(17)19/h1-9,20H,10-14H2/t19-/m0/s1. The maximum absolute atomic E-state index is 12.4. The van der Waals surface area contributed by atoms with Crippen LogP contribution in [0, 0.1) is 0 Å². The Kier molecular flexibility index (Phi) is 3.45.